The third-order valence-corrected chi connectivity index (χ3v) is 5.40. The molecule has 0 spiro atoms. The Morgan fingerprint density at radius 2 is 1.96 bits per heavy atom. The van der Waals surface area contributed by atoms with E-state index in [-0.39, 0.29) is 5.56 Å². The highest BCUT2D eigenvalue weighted by atomic mass is 32.1. The fraction of sp³-hybridized carbons (Fsp3) is 0.316. The first-order chi connectivity index (χ1) is 11.1. The number of nitrogens with zero attached hydrogens (tertiary/aromatic N) is 1. The van der Waals surface area contributed by atoms with Gasteiger partial charge in [0.15, 0.2) is 0 Å². The predicted molar refractivity (Wildman–Crippen MR) is 97.3 cm³/mol. The van der Waals surface area contributed by atoms with Gasteiger partial charge in [-0.05, 0) is 42.5 Å². The molecule has 118 valence electrons. The first-order valence-corrected chi connectivity index (χ1v) is 8.61. The van der Waals surface area contributed by atoms with Crippen LogP contribution >= 0.6 is 12.6 Å². The zero-order valence-corrected chi connectivity index (χ0v) is 14.0. The van der Waals surface area contributed by atoms with Crippen LogP contribution in [0.5, 0.6) is 0 Å². The van der Waals surface area contributed by atoms with E-state index >= 15 is 0 Å². The number of hydrogen-bond donors (Lipinski definition) is 2. The second kappa shape index (κ2) is 5.60. The minimum atomic E-state index is -0.0168. The van der Waals surface area contributed by atoms with Crippen molar-refractivity contribution in [2.24, 2.45) is 5.92 Å². The van der Waals surface area contributed by atoms with Crippen LogP contribution in [-0.2, 0) is 0 Å². The Morgan fingerprint density at radius 1 is 1.17 bits per heavy atom. The summed E-state index contributed by atoms with van der Waals surface area (Å²) in [6.45, 7) is 2.31. The second-order valence-corrected chi connectivity index (χ2v) is 7.06. The van der Waals surface area contributed by atoms with Crippen LogP contribution in [0.2, 0.25) is 0 Å². The molecular weight excluding hydrogens is 304 g/mol. The van der Waals surface area contributed by atoms with E-state index in [1.165, 1.54) is 19.3 Å². The molecule has 0 bridgehead atoms. The molecule has 0 radical (unpaired) electrons. The van der Waals surface area contributed by atoms with E-state index in [4.69, 9.17) is 0 Å². The van der Waals surface area contributed by atoms with Gasteiger partial charge in [-0.25, -0.2) is 0 Å². The van der Waals surface area contributed by atoms with Crippen LogP contribution in [0.25, 0.3) is 22.0 Å². The molecule has 1 saturated carbocycles. The Labute approximate surface area is 140 Å². The molecule has 23 heavy (non-hydrogen) atoms. The maximum Gasteiger partial charge on any atom is 0.258 e. The summed E-state index contributed by atoms with van der Waals surface area (Å²) in [6.07, 6.45) is 7.63. The smallest absolute Gasteiger partial charge is 0.258 e. The molecule has 0 aliphatic heterocycles. The first-order valence-electron chi connectivity index (χ1n) is 8.17. The number of H-pyrrole nitrogens is 1. The molecule has 1 aromatic carbocycles. The molecule has 2 atom stereocenters. The van der Waals surface area contributed by atoms with E-state index in [0.717, 1.165) is 26.9 Å². The largest absolute Gasteiger partial charge is 0.343 e. The molecule has 0 amide bonds. The lowest BCUT2D eigenvalue weighted by Crippen LogP contribution is -2.11. The summed E-state index contributed by atoms with van der Waals surface area (Å²) >= 11 is 4.35. The van der Waals surface area contributed by atoms with Gasteiger partial charge in [0.05, 0.1) is 10.9 Å². The molecular formula is C19H20N2OS. The highest BCUT2D eigenvalue weighted by Gasteiger charge is 2.27. The Morgan fingerprint density at radius 3 is 2.65 bits per heavy atom. The Kier molecular flexibility index (Phi) is 3.57. The van der Waals surface area contributed by atoms with Gasteiger partial charge in [0.2, 0.25) is 0 Å². The van der Waals surface area contributed by atoms with Crippen LogP contribution in [-0.4, -0.2) is 9.55 Å². The summed E-state index contributed by atoms with van der Waals surface area (Å²) in [7, 11) is 0. The molecule has 0 saturated heterocycles. The molecule has 1 fully saturated rings. The van der Waals surface area contributed by atoms with Gasteiger partial charge < -0.3 is 9.55 Å². The lowest BCUT2D eigenvalue weighted by atomic mass is 10.1. The molecule has 3 nitrogen and oxygen atoms in total. The van der Waals surface area contributed by atoms with Gasteiger partial charge in [-0.2, -0.15) is 0 Å². The number of benzene rings is 1. The maximum absolute atomic E-state index is 12.5. The number of hydrogen-bond acceptors (Lipinski definition) is 2. The van der Waals surface area contributed by atoms with Crippen molar-refractivity contribution < 1.29 is 0 Å². The lowest BCUT2D eigenvalue weighted by molar-refractivity contribution is 0.418. The number of nitrogens with one attached hydrogen (secondary N) is 1. The minimum absolute atomic E-state index is 0.0168. The van der Waals surface area contributed by atoms with Gasteiger partial charge in [-0.15, -0.1) is 12.6 Å². The summed E-state index contributed by atoms with van der Waals surface area (Å²) in [5.74, 6) is 0.651. The topological polar surface area (TPSA) is 37.8 Å². The maximum atomic E-state index is 12.5. The number of aromatic nitrogens is 2. The zero-order chi connectivity index (χ0) is 16.0. The molecule has 3 aromatic rings. The summed E-state index contributed by atoms with van der Waals surface area (Å²) in [4.78, 5) is 16.2. The molecule has 1 unspecified atom stereocenters. The van der Waals surface area contributed by atoms with Gasteiger partial charge in [0.1, 0.15) is 0 Å². The number of fused-ring (bicyclic) bond motifs is 1. The van der Waals surface area contributed by atoms with E-state index < -0.39 is 0 Å². The molecule has 4 rings (SSSR count). The molecule has 2 aromatic heterocycles. The Hall–Kier alpha value is -1.94. The highest BCUT2D eigenvalue weighted by Crippen LogP contribution is 2.39. The summed E-state index contributed by atoms with van der Waals surface area (Å²) in [5.41, 5.74) is 3.09. The second-order valence-electron chi connectivity index (χ2n) is 6.54. The first kappa shape index (κ1) is 14.6. The van der Waals surface area contributed by atoms with E-state index in [1.54, 1.807) is 6.20 Å². The van der Waals surface area contributed by atoms with Crippen molar-refractivity contribution in [1.29, 1.82) is 0 Å². The lowest BCUT2D eigenvalue weighted by Gasteiger charge is -2.18. The average molecular weight is 324 g/mol. The van der Waals surface area contributed by atoms with Crippen molar-refractivity contribution in [2.75, 3.05) is 0 Å². The Balaban J connectivity index is 1.97. The highest BCUT2D eigenvalue weighted by molar-refractivity contribution is 7.80. The minimum Gasteiger partial charge on any atom is -0.343 e. The van der Waals surface area contributed by atoms with Crippen molar-refractivity contribution in [2.45, 2.75) is 37.1 Å². The van der Waals surface area contributed by atoms with Crippen molar-refractivity contribution in [3.05, 3.63) is 53.1 Å². The normalized spacial score (nSPS) is 21.1. The zero-order valence-electron chi connectivity index (χ0n) is 13.1. The molecule has 1 aliphatic carbocycles. The number of aromatic amines is 1. The van der Waals surface area contributed by atoms with Crippen molar-refractivity contribution in [3.8, 4) is 11.1 Å². The molecule has 4 heteroatoms. The van der Waals surface area contributed by atoms with Gasteiger partial charge >= 0.3 is 0 Å². The molecule has 1 N–H and O–H groups in total. The van der Waals surface area contributed by atoms with Crippen LogP contribution in [0.4, 0.5) is 0 Å². The van der Waals surface area contributed by atoms with Crippen molar-refractivity contribution >= 4 is 23.5 Å². The number of thiol groups is 1. The summed E-state index contributed by atoms with van der Waals surface area (Å²) in [6, 6.07) is 10.5. The van der Waals surface area contributed by atoms with Gasteiger partial charge in [-0.1, -0.05) is 25.5 Å². The Bertz CT molecular complexity index is 907. The van der Waals surface area contributed by atoms with Gasteiger partial charge in [0, 0.05) is 28.9 Å². The number of pyridine rings is 1. The SMILES string of the molecule is C[C@H]1CCCC1n1cc(-c2ccc(S)cc2)c2c(=O)[nH]ccc21. The summed E-state index contributed by atoms with van der Waals surface area (Å²) < 4.78 is 2.33. The summed E-state index contributed by atoms with van der Waals surface area (Å²) in [5, 5.41) is 0.790. The van der Waals surface area contributed by atoms with E-state index in [9.17, 15) is 4.79 Å². The van der Waals surface area contributed by atoms with Crippen LogP contribution in [0.15, 0.2) is 52.4 Å². The van der Waals surface area contributed by atoms with Crippen molar-refractivity contribution in [1.82, 2.24) is 9.55 Å². The van der Waals surface area contributed by atoms with E-state index in [1.807, 2.05) is 30.3 Å². The van der Waals surface area contributed by atoms with E-state index in [2.05, 4.69) is 35.3 Å². The monoisotopic (exact) mass is 324 g/mol. The van der Waals surface area contributed by atoms with E-state index in [0.29, 0.717) is 12.0 Å². The predicted octanol–water partition coefficient (Wildman–Crippen LogP) is 4.65. The van der Waals surface area contributed by atoms with Crippen molar-refractivity contribution in [3.63, 3.8) is 0 Å². The fourth-order valence-electron chi connectivity index (χ4n) is 3.89. The third-order valence-electron chi connectivity index (χ3n) is 5.11. The average Bonchev–Trinajstić information content (AvgIpc) is 3.12. The van der Waals surface area contributed by atoms with Gasteiger partial charge in [0.25, 0.3) is 5.56 Å². The van der Waals surface area contributed by atoms with Crippen LogP contribution in [0.1, 0.15) is 32.2 Å². The van der Waals surface area contributed by atoms with Gasteiger partial charge in [-0.3, -0.25) is 4.79 Å². The van der Waals surface area contributed by atoms with Crippen LogP contribution in [0, 0.1) is 5.92 Å². The standard InChI is InChI=1S/C19H20N2OS/c1-12-3-2-4-16(12)21-11-15(13-5-7-14(23)8-6-13)18-17(21)9-10-20-19(18)22/h5-12,16,23H,2-4H2,1H3,(H,20,22)/t12-,16?/m0/s1. The van der Waals surface area contributed by atoms with Crippen LogP contribution in [0.3, 0.4) is 0 Å². The molecule has 2 heterocycles. The number of rotatable bonds is 2. The fourth-order valence-corrected chi connectivity index (χ4v) is 4.04. The molecule has 1 aliphatic rings. The third kappa shape index (κ3) is 2.41. The quantitative estimate of drug-likeness (QED) is 0.662. The van der Waals surface area contributed by atoms with Crippen LogP contribution < -0.4 is 5.56 Å².